The maximum atomic E-state index is 12.7. The third-order valence-electron chi connectivity index (χ3n) is 8.19. The Morgan fingerprint density at radius 2 is 2.07 bits per heavy atom. The van der Waals surface area contributed by atoms with Crippen LogP contribution < -0.4 is 0 Å². The molecule has 1 aromatic rings. The highest BCUT2D eigenvalue weighted by atomic mass is 16.5. The topological polar surface area (TPSA) is 137 Å². The molecule has 4 N–H and O–H groups in total. The molecular formula is C22H32O8. The molecule has 8 heteroatoms. The van der Waals surface area contributed by atoms with Crippen molar-refractivity contribution in [2.45, 2.75) is 82.9 Å². The van der Waals surface area contributed by atoms with E-state index < -0.39 is 52.2 Å². The van der Waals surface area contributed by atoms with E-state index in [0.717, 1.165) is 0 Å². The van der Waals surface area contributed by atoms with Crippen LogP contribution in [0, 0.1) is 16.7 Å². The van der Waals surface area contributed by atoms with E-state index in [0.29, 0.717) is 11.8 Å². The van der Waals surface area contributed by atoms with E-state index in [1.54, 1.807) is 19.9 Å². The predicted octanol–water partition coefficient (Wildman–Crippen LogP) is 1.50. The molecule has 0 saturated heterocycles. The molecule has 8 nitrogen and oxygen atoms in total. The van der Waals surface area contributed by atoms with E-state index in [-0.39, 0.29) is 25.7 Å². The maximum Gasteiger partial charge on any atom is 0.302 e. The van der Waals surface area contributed by atoms with E-state index in [2.05, 4.69) is 0 Å². The van der Waals surface area contributed by atoms with Gasteiger partial charge in [0.25, 0.3) is 0 Å². The molecule has 0 amide bonds. The Morgan fingerprint density at radius 1 is 1.40 bits per heavy atom. The van der Waals surface area contributed by atoms with Gasteiger partial charge < -0.3 is 34.4 Å². The zero-order valence-corrected chi connectivity index (χ0v) is 17.9. The summed E-state index contributed by atoms with van der Waals surface area (Å²) in [6.45, 7) is 6.01. The van der Waals surface area contributed by atoms with E-state index in [1.165, 1.54) is 26.4 Å². The molecule has 0 unspecified atom stereocenters. The molecule has 0 aromatic carbocycles. The molecule has 1 heterocycles. The molecule has 168 valence electrons. The van der Waals surface area contributed by atoms with Gasteiger partial charge in [0.05, 0.1) is 41.4 Å². The fourth-order valence-corrected chi connectivity index (χ4v) is 5.97. The number of aliphatic hydroxyl groups is 4. The molecule has 3 rings (SSSR count). The van der Waals surface area contributed by atoms with Crippen molar-refractivity contribution in [2.75, 3.05) is 0 Å². The van der Waals surface area contributed by atoms with Gasteiger partial charge >= 0.3 is 5.97 Å². The summed E-state index contributed by atoms with van der Waals surface area (Å²) < 4.78 is 10.6. The lowest BCUT2D eigenvalue weighted by molar-refractivity contribution is -0.323. The van der Waals surface area contributed by atoms with E-state index >= 15 is 0 Å². The normalized spacial score (nSPS) is 44.7. The summed E-state index contributed by atoms with van der Waals surface area (Å²) in [6, 6.07) is 1.57. The summed E-state index contributed by atoms with van der Waals surface area (Å²) in [5.41, 5.74) is -6.01. The predicted molar refractivity (Wildman–Crippen MR) is 105 cm³/mol. The number of ether oxygens (including phenoxy) is 1. The van der Waals surface area contributed by atoms with Gasteiger partial charge in [0.15, 0.2) is 0 Å². The van der Waals surface area contributed by atoms with Crippen LogP contribution in [0.4, 0.5) is 0 Å². The Bertz CT molecular complexity index is 789. The first kappa shape index (κ1) is 22.9. The summed E-state index contributed by atoms with van der Waals surface area (Å²) >= 11 is 0. The molecule has 0 spiro atoms. The average Bonchev–Trinajstić information content (AvgIpc) is 3.21. The monoisotopic (exact) mass is 424 g/mol. The number of fused-ring (bicyclic) bond motifs is 1. The molecule has 8 atom stereocenters. The molecule has 2 fully saturated rings. The highest BCUT2D eigenvalue weighted by molar-refractivity contribution is 5.67. The second kappa shape index (κ2) is 7.44. The zero-order valence-electron chi connectivity index (χ0n) is 17.9. The number of aldehydes is 1. The van der Waals surface area contributed by atoms with Crippen molar-refractivity contribution in [3.05, 3.63) is 24.2 Å². The molecule has 30 heavy (non-hydrogen) atoms. The summed E-state index contributed by atoms with van der Waals surface area (Å²) in [6.07, 6.45) is 0.377. The van der Waals surface area contributed by atoms with Gasteiger partial charge in [0.2, 0.25) is 0 Å². The lowest BCUT2D eigenvalue weighted by atomic mass is 9.39. The Balaban J connectivity index is 2.18. The number of esters is 1. The van der Waals surface area contributed by atoms with Crippen LogP contribution in [-0.4, -0.2) is 56.1 Å². The van der Waals surface area contributed by atoms with Gasteiger partial charge in [-0.15, -0.1) is 0 Å². The molecule has 0 radical (unpaired) electrons. The molecular weight excluding hydrogens is 392 g/mol. The van der Waals surface area contributed by atoms with Crippen LogP contribution in [0.15, 0.2) is 23.0 Å². The molecule has 0 bridgehead atoms. The fourth-order valence-electron chi connectivity index (χ4n) is 5.97. The molecule has 1 aromatic heterocycles. The minimum absolute atomic E-state index is 0.0504. The number of rotatable bonds is 5. The first-order chi connectivity index (χ1) is 13.9. The number of carbonyl (C=O) groups is 2. The Labute approximate surface area is 175 Å². The lowest BCUT2D eigenvalue weighted by Gasteiger charge is -2.68. The largest absolute Gasteiger partial charge is 0.472 e. The Kier molecular flexibility index (Phi) is 5.69. The van der Waals surface area contributed by atoms with Gasteiger partial charge in [-0.3, -0.25) is 4.79 Å². The maximum absolute atomic E-state index is 12.7. The summed E-state index contributed by atoms with van der Waals surface area (Å²) in [5, 5.41) is 44.8. The van der Waals surface area contributed by atoms with Crippen LogP contribution in [0.3, 0.4) is 0 Å². The molecule has 0 aliphatic heterocycles. The SMILES string of the molecule is CC(=O)O[C@@H]1C[C@]2(C)[C@](O)(CC[C@@H](O)[C@]2(C)O)[C@@](C=O)(C[C@@H](O)c2ccoc2)[C@@H]1C. The Morgan fingerprint density at radius 3 is 2.60 bits per heavy atom. The summed E-state index contributed by atoms with van der Waals surface area (Å²) in [5.74, 6) is -1.20. The van der Waals surface area contributed by atoms with Crippen LogP contribution >= 0.6 is 0 Å². The van der Waals surface area contributed by atoms with Gasteiger partial charge in [-0.05, 0) is 38.7 Å². The van der Waals surface area contributed by atoms with Crippen LogP contribution in [-0.2, 0) is 14.3 Å². The van der Waals surface area contributed by atoms with Gasteiger partial charge in [-0.1, -0.05) is 13.8 Å². The number of carbonyl (C=O) groups excluding carboxylic acids is 2. The van der Waals surface area contributed by atoms with E-state index in [4.69, 9.17) is 9.15 Å². The van der Waals surface area contributed by atoms with E-state index in [1.807, 2.05) is 0 Å². The summed E-state index contributed by atoms with van der Waals surface area (Å²) in [7, 11) is 0. The second-order valence-electron chi connectivity index (χ2n) is 9.47. The minimum Gasteiger partial charge on any atom is -0.472 e. The number of furan rings is 1. The highest BCUT2D eigenvalue weighted by Crippen LogP contribution is 2.66. The fraction of sp³-hybridized carbons (Fsp3) is 0.727. The first-order valence-corrected chi connectivity index (χ1v) is 10.3. The van der Waals surface area contributed by atoms with Crippen LogP contribution in [0.5, 0.6) is 0 Å². The van der Waals surface area contributed by atoms with Crippen LogP contribution in [0.1, 0.15) is 65.0 Å². The van der Waals surface area contributed by atoms with E-state index in [9.17, 15) is 30.0 Å². The molecule has 2 saturated carbocycles. The third kappa shape index (κ3) is 2.96. The van der Waals surface area contributed by atoms with Crippen LogP contribution in [0.2, 0.25) is 0 Å². The van der Waals surface area contributed by atoms with Crippen molar-refractivity contribution < 1.29 is 39.2 Å². The zero-order chi connectivity index (χ0) is 22.5. The highest BCUT2D eigenvalue weighted by Gasteiger charge is 2.75. The third-order valence-corrected chi connectivity index (χ3v) is 8.19. The minimum atomic E-state index is -1.76. The van der Waals surface area contributed by atoms with Crippen molar-refractivity contribution in [2.24, 2.45) is 16.7 Å². The summed E-state index contributed by atoms with van der Waals surface area (Å²) in [4.78, 5) is 24.5. The Hall–Kier alpha value is -1.74. The van der Waals surface area contributed by atoms with Crippen molar-refractivity contribution in [3.63, 3.8) is 0 Å². The average molecular weight is 424 g/mol. The quantitative estimate of drug-likeness (QED) is 0.412. The molecule has 2 aliphatic rings. The molecule has 2 aliphatic carbocycles. The number of hydrogen-bond donors (Lipinski definition) is 4. The van der Waals surface area contributed by atoms with Crippen molar-refractivity contribution >= 4 is 12.3 Å². The standard InChI is InChI=1S/C22H32O8/c1-13-17(30-14(2)24)10-19(3)20(4,27)18(26)5-7-22(19,28)21(13,12-23)9-16(25)15-6-8-29-11-15/h6,8,11-13,16-18,25-28H,5,7,9-10H2,1-4H3/t13-,16-,17-,18-,19+,20+,21-,22-/m1/s1. The van der Waals surface area contributed by atoms with Crippen molar-refractivity contribution in [1.29, 1.82) is 0 Å². The van der Waals surface area contributed by atoms with Crippen molar-refractivity contribution in [3.8, 4) is 0 Å². The van der Waals surface area contributed by atoms with Gasteiger partial charge in [-0.25, -0.2) is 0 Å². The van der Waals surface area contributed by atoms with Gasteiger partial charge in [0, 0.05) is 23.8 Å². The number of aliphatic hydroxyl groups excluding tert-OH is 2. The smallest absolute Gasteiger partial charge is 0.302 e. The van der Waals surface area contributed by atoms with Crippen molar-refractivity contribution in [1.82, 2.24) is 0 Å². The second-order valence-corrected chi connectivity index (χ2v) is 9.47. The lowest BCUT2D eigenvalue weighted by Crippen LogP contribution is -2.78. The van der Waals surface area contributed by atoms with Crippen LogP contribution in [0.25, 0.3) is 0 Å². The number of hydrogen-bond acceptors (Lipinski definition) is 8. The first-order valence-electron chi connectivity index (χ1n) is 10.3. The van der Waals surface area contributed by atoms with Gasteiger partial charge in [-0.2, -0.15) is 0 Å². The van der Waals surface area contributed by atoms with Gasteiger partial charge in [0.1, 0.15) is 12.4 Å².